The molecule has 1 saturated heterocycles. The molecule has 1 aliphatic heterocycles. The minimum Gasteiger partial charge on any atom is -0.321 e. The van der Waals surface area contributed by atoms with E-state index in [4.69, 9.17) is 0 Å². The lowest BCUT2D eigenvalue weighted by Crippen LogP contribution is -2.36. The molecule has 3 rings (SSSR count). The number of anilines is 1. The van der Waals surface area contributed by atoms with Crippen molar-refractivity contribution in [2.45, 2.75) is 19.4 Å². The lowest BCUT2D eigenvalue weighted by Gasteiger charge is -2.21. The largest absolute Gasteiger partial charge is 0.321 e. The Morgan fingerprint density at radius 2 is 1.88 bits per heavy atom. The van der Waals surface area contributed by atoms with Gasteiger partial charge in [0.2, 0.25) is 5.91 Å². The topological polar surface area (TPSA) is 63.1 Å². The second-order valence-electron chi connectivity index (χ2n) is 5.99. The van der Waals surface area contributed by atoms with E-state index >= 15 is 0 Å². The molecular weight excluding hydrogens is 345 g/mol. The van der Waals surface area contributed by atoms with E-state index < -0.39 is 0 Å². The van der Waals surface area contributed by atoms with Crippen molar-refractivity contribution in [3.63, 3.8) is 0 Å². The summed E-state index contributed by atoms with van der Waals surface area (Å²) in [6.07, 6.45) is 3.22. The molecule has 2 heterocycles. The fourth-order valence-corrected chi connectivity index (χ4v) is 2.86. The summed E-state index contributed by atoms with van der Waals surface area (Å²) in [6.45, 7) is 1.97. The molecule has 1 aliphatic rings. The molecule has 0 radical (unpaired) electrons. The van der Waals surface area contributed by atoms with Gasteiger partial charge in [0.1, 0.15) is 11.5 Å². The Labute approximate surface area is 151 Å². The first-order valence-electron chi connectivity index (χ1n) is 8.09. The number of amides is 1. The van der Waals surface area contributed by atoms with Crippen molar-refractivity contribution in [3.05, 3.63) is 64.3 Å². The van der Waals surface area contributed by atoms with Crippen molar-refractivity contribution in [2.24, 2.45) is 5.92 Å². The van der Waals surface area contributed by atoms with Crippen LogP contribution >= 0.6 is 12.4 Å². The summed E-state index contributed by atoms with van der Waals surface area (Å²) in [4.78, 5) is 24.8. The minimum absolute atomic E-state index is 0. The Kier molecular flexibility index (Phi) is 6.73. The van der Waals surface area contributed by atoms with Gasteiger partial charge in [-0.15, -0.1) is 12.4 Å². The summed E-state index contributed by atoms with van der Waals surface area (Å²) in [5.41, 5.74) is 0.840. The van der Waals surface area contributed by atoms with Gasteiger partial charge in [-0.2, -0.15) is 0 Å². The monoisotopic (exact) mass is 365 g/mol. The molecule has 1 amide bonds. The molecule has 25 heavy (non-hydrogen) atoms. The summed E-state index contributed by atoms with van der Waals surface area (Å²) in [6, 6.07) is 9.35. The molecule has 134 valence electrons. The Morgan fingerprint density at radius 1 is 1.20 bits per heavy atom. The molecule has 0 unspecified atom stereocenters. The summed E-state index contributed by atoms with van der Waals surface area (Å²) in [7, 11) is 0. The van der Waals surface area contributed by atoms with Crippen LogP contribution in [0.4, 0.5) is 10.1 Å². The zero-order valence-electron chi connectivity index (χ0n) is 13.7. The Balaban J connectivity index is 0.00000225. The van der Waals surface area contributed by atoms with Crippen LogP contribution in [-0.4, -0.2) is 23.6 Å². The van der Waals surface area contributed by atoms with E-state index in [-0.39, 0.29) is 41.3 Å². The lowest BCUT2D eigenvalue weighted by molar-refractivity contribution is -0.120. The smallest absolute Gasteiger partial charge is 0.274 e. The maximum Gasteiger partial charge on any atom is 0.274 e. The molecule has 7 heteroatoms. The van der Waals surface area contributed by atoms with Gasteiger partial charge in [0.15, 0.2) is 0 Å². The number of nitrogens with zero attached hydrogens (tertiary/aromatic N) is 1. The molecule has 0 bridgehead atoms. The van der Waals surface area contributed by atoms with Crippen LogP contribution in [0.15, 0.2) is 47.4 Å². The summed E-state index contributed by atoms with van der Waals surface area (Å²) >= 11 is 0. The van der Waals surface area contributed by atoms with Crippen LogP contribution < -0.4 is 16.2 Å². The first-order valence-corrected chi connectivity index (χ1v) is 8.09. The Morgan fingerprint density at radius 3 is 2.56 bits per heavy atom. The van der Waals surface area contributed by atoms with Crippen LogP contribution in [-0.2, 0) is 11.3 Å². The van der Waals surface area contributed by atoms with Crippen LogP contribution in [0.25, 0.3) is 0 Å². The average Bonchev–Trinajstić information content (AvgIpc) is 2.61. The van der Waals surface area contributed by atoms with Crippen molar-refractivity contribution in [1.29, 1.82) is 0 Å². The van der Waals surface area contributed by atoms with Crippen LogP contribution in [0.1, 0.15) is 18.4 Å². The van der Waals surface area contributed by atoms with E-state index in [2.05, 4.69) is 10.6 Å². The second kappa shape index (κ2) is 8.78. The standard InChI is InChI=1S/C18H20FN3O2.ClH/c19-15-5-3-13(4-6-15)12-22-11-1-2-16(18(22)24)21-17(23)14-7-9-20-10-8-14;/h1-6,11,14,20H,7-10,12H2,(H,21,23);1H. The van der Waals surface area contributed by atoms with Gasteiger partial charge in [0.25, 0.3) is 5.56 Å². The van der Waals surface area contributed by atoms with Gasteiger partial charge in [-0.3, -0.25) is 9.59 Å². The van der Waals surface area contributed by atoms with E-state index in [0.717, 1.165) is 31.5 Å². The highest BCUT2D eigenvalue weighted by Gasteiger charge is 2.21. The number of rotatable bonds is 4. The number of hydrogen-bond acceptors (Lipinski definition) is 3. The molecule has 5 nitrogen and oxygen atoms in total. The van der Waals surface area contributed by atoms with Gasteiger partial charge in [-0.1, -0.05) is 12.1 Å². The number of carbonyl (C=O) groups excluding carboxylic acids is 1. The molecule has 2 aromatic rings. The second-order valence-corrected chi connectivity index (χ2v) is 5.99. The first-order chi connectivity index (χ1) is 11.6. The predicted molar refractivity (Wildman–Crippen MR) is 97.7 cm³/mol. The van der Waals surface area contributed by atoms with Crippen molar-refractivity contribution in [3.8, 4) is 0 Å². The summed E-state index contributed by atoms with van der Waals surface area (Å²) in [5, 5.41) is 5.97. The van der Waals surface area contributed by atoms with Crippen LogP contribution in [0.5, 0.6) is 0 Å². The normalized spacial score (nSPS) is 14.6. The molecule has 0 saturated carbocycles. The Hall–Kier alpha value is -2.18. The fourth-order valence-electron chi connectivity index (χ4n) is 2.86. The summed E-state index contributed by atoms with van der Waals surface area (Å²) in [5.74, 6) is -0.474. The quantitative estimate of drug-likeness (QED) is 0.874. The average molecular weight is 366 g/mol. The predicted octanol–water partition coefficient (Wildman–Crippen LogP) is 2.40. The van der Waals surface area contributed by atoms with E-state index in [1.165, 1.54) is 16.7 Å². The number of pyridine rings is 1. The molecule has 1 aromatic heterocycles. The van der Waals surface area contributed by atoms with Crippen molar-refractivity contribution in [2.75, 3.05) is 18.4 Å². The van der Waals surface area contributed by atoms with Crippen LogP contribution in [0.2, 0.25) is 0 Å². The van der Waals surface area contributed by atoms with Gasteiger partial charge in [-0.05, 0) is 55.8 Å². The number of hydrogen-bond donors (Lipinski definition) is 2. The van der Waals surface area contributed by atoms with Crippen LogP contribution in [0.3, 0.4) is 0 Å². The molecule has 1 aromatic carbocycles. The third-order valence-electron chi connectivity index (χ3n) is 4.25. The number of benzene rings is 1. The maximum absolute atomic E-state index is 13.0. The minimum atomic E-state index is -0.311. The van der Waals surface area contributed by atoms with E-state index in [1.54, 1.807) is 30.5 Å². The van der Waals surface area contributed by atoms with Gasteiger partial charge in [0.05, 0.1) is 6.54 Å². The number of piperidine rings is 1. The molecule has 1 fully saturated rings. The maximum atomic E-state index is 13.0. The van der Waals surface area contributed by atoms with Crippen LogP contribution in [0, 0.1) is 11.7 Å². The number of aromatic nitrogens is 1. The number of nitrogens with one attached hydrogen (secondary N) is 2. The van der Waals surface area contributed by atoms with E-state index in [0.29, 0.717) is 6.54 Å². The lowest BCUT2D eigenvalue weighted by atomic mass is 9.97. The van der Waals surface area contributed by atoms with Crippen molar-refractivity contribution < 1.29 is 9.18 Å². The highest BCUT2D eigenvalue weighted by Crippen LogP contribution is 2.14. The van der Waals surface area contributed by atoms with E-state index in [1.807, 2.05) is 0 Å². The van der Waals surface area contributed by atoms with Gasteiger partial charge >= 0.3 is 0 Å². The number of halogens is 2. The van der Waals surface area contributed by atoms with Gasteiger partial charge in [0, 0.05) is 12.1 Å². The van der Waals surface area contributed by atoms with E-state index in [9.17, 15) is 14.0 Å². The van der Waals surface area contributed by atoms with Gasteiger partial charge in [-0.25, -0.2) is 4.39 Å². The Bertz CT molecular complexity index is 771. The molecule has 0 atom stereocenters. The van der Waals surface area contributed by atoms with Gasteiger partial charge < -0.3 is 15.2 Å². The number of carbonyl (C=O) groups is 1. The summed E-state index contributed by atoms with van der Waals surface area (Å²) < 4.78 is 14.5. The zero-order chi connectivity index (χ0) is 16.9. The molecule has 2 N–H and O–H groups in total. The third-order valence-corrected chi connectivity index (χ3v) is 4.25. The van der Waals surface area contributed by atoms with Crippen molar-refractivity contribution >= 4 is 24.0 Å². The van der Waals surface area contributed by atoms with Crippen molar-refractivity contribution in [1.82, 2.24) is 9.88 Å². The fraction of sp³-hybridized carbons (Fsp3) is 0.333. The third kappa shape index (κ3) is 4.90. The molecule has 0 spiro atoms. The molecule has 0 aliphatic carbocycles. The highest BCUT2D eigenvalue weighted by molar-refractivity contribution is 5.92. The SMILES string of the molecule is Cl.O=C(Nc1cccn(Cc2ccc(F)cc2)c1=O)C1CCNCC1. The molecular formula is C18H21ClFN3O2. The highest BCUT2D eigenvalue weighted by atomic mass is 35.5. The zero-order valence-corrected chi connectivity index (χ0v) is 14.5. The first kappa shape index (κ1) is 19.1.